The van der Waals surface area contributed by atoms with Gasteiger partial charge in [0.05, 0.1) is 0 Å². The Bertz CT molecular complexity index is 1050. The van der Waals surface area contributed by atoms with E-state index in [0.717, 1.165) is 44.0 Å². The van der Waals surface area contributed by atoms with E-state index in [1.165, 1.54) is 25.2 Å². The number of halogens is 1. The van der Waals surface area contributed by atoms with E-state index >= 15 is 0 Å². The summed E-state index contributed by atoms with van der Waals surface area (Å²) in [4.78, 5) is 28.0. The van der Waals surface area contributed by atoms with Crippen LogP contribution < -0.4 is 25.8 Å². The molecule has 1 saturated heterocycles. The van der Waals surface area contributed by atoms with Crippen LogP contribution in [0.25, 0.3) is 5.70 Å². The lowest BCUT2D eigenvalue weighted by Crippen LogP contribution is -2.48. The van der Waals surface area contributed by atoms with E-state index in [0.29, 0.717) is 23.8 Å². The molecule has 0 aliphatic carbocycles. The highest BCUT2D eigenvalue weighted by Crippen LogP contribution is 2.28. The SMILES string of the molecule is C/C=C(\NC)c1cc(NC(=O)COc2cccc(F)c2)ccc1OCCN1CCN(C(C)=O)CC1.CN. The minimum Gasteiger partial charge on any atom is -0.492 e. The maximum Gasteiger partial charge on any atom is 0.262 e. The second-order valence-electron chi connectivity index (χ2n) is 8.15. The molecular formula is C27H38FN5O4. The number of rotatable bonds is 10. The molecular weight excluding hydrogens is 477 g/mol. The molecule has 202 valence electrons. The van der Waals surface area contributed by atoms with Crippen molar-refractivity contribution in [3.8, 4) is 11.5 Å². The Morgan fingerprint density at radius 3 is 2.43 bits per heavy atom. The number of amides is 2. The van der Waals surface area contributed by atoms with Gasteiger partial charge in [0.25, 0.3) is 5.91 Å². The van der Waals surface area contributed by atoms with Gasteiger partial charge in [-0.05, 0) is 44.3 Å². The predicted molar refractivity (Wildman–Crippen MR) is 144 cm³/mol. The normalized spacial score (nSPS) is 13.8. The molecule has 3 rings (SSSR count). The van der Waals surface area contributed by atoms with Crippen molar-refractivity contribution in [1.82, 2.24) is 15.1 Å². The van der Waals surface area contributed by atoms with E-state index in [2.05, 4.69) is 21.3 Å². The minimum absolute atomic E-state index is 0.115. The maximum atomic E-state index is 13.3. The number of ether oxygens (including phenoxy) is 2. The number of hydrogen-bond donors (Lipinski definition) is 3. The molecule has 1 aliphatic heterocycles. The van der Waals surface area contributed by atoms with Crippen molar-refractivity contribution in [3.05, 3.63) is 59.9 Å². The van der Waals surface area contributed by atoms with E-state index in [-0.39, 0.29) is 18.4 Å². The topological polar surface area (TPSA) is 109 Å². The molecule has 0 bridgehead atoms. The van der Waals surface area contributed by atoms with Gasteiger partial charge in [0.1, 0.15) is 23.9 Å². The molecule has 0 radical (unpaired) electrons. The summed E-state index contributed by atoms with van der Waals surface area (Å²) in [5.41, 5.74) is 6.78. The molecule has 9 nitrogen and oxygen atoms in total. The Labute approximate surface area is 218 Å². The van der Waals surface area contributed by atoms with Gasteiger partial charge < -0.3 is 30.7 Å². The summed E-state index contributed by atoms with van der Waals surface area (Å²) >= 11 is 0. The van der Waals surface area contributed by atoms with Crippen molar-refractivity contribution < 1.29 is 23.5 Å². The van der Waals surface area contributed by atoms with Gasteiger partial charge >= 0.3 is 0 Å². The largest absolute Gasteiger partial charge is 0.492 e. The van der Waals surface area contributed by atoms with E-state index in [1.807, 2.05) is 37.1 Å². The lowest BCUT2D eigenvalue weighted by atomic mass is 10.1. The first-order chi connectivity index (χ1) is 17.9. The van der Waals surface area contributed by atoms with Gasteiger partial charge in [-0.25, -0.2) is 4.39 Å². The van der Waals surface area contributed by atoms with Crippen molar-refractivity contribution in [2.24, 2.45) is 5.73 Å². The van der Waals surface area contributed by atoms with Crippen LogP contribution in [-0.2, 0) is 9.59 Å². The van der Waals surface area contributed by atoms with Crippen LogP contribution >= 0.6 is 0 Å². The van der Waals surface area contributed by atoms with Crippen molar-refractivity contribution in [3.63, 3.8) is 0 Å². The van der Waals surface area contributed by atoms with Crippen LogP contribution in [0.5, 0.6) is 11.5 Å². The summed E-state index contributed by atoms with van der Waals surface area (Å²) in [6.07, 6.45) is 1.93. The van der Waals surface area contributed by atoms with Gasteiger partial charge in [0, 0.05) is 69.7 Å². The Balaban J connectivity index is 0.00000235. The van der Waals surface area contributed by atoms with Gasteiger partial charge in [-0.2, -0.15) is 0 Å². The fourth-order valence-electron chi connectivity index (χ4n) is 3.85. The van der Waals surface area contributed by atoms with Gasteiger partial charge in [-0.3, -0.25) is 14.5 Å². The van der Waals surface area contributed by atoms with Crippen LogP contribution in [0.15, 0.2) is 48.5 Å². The second kappa shape index (κ2) is 15.5. The van der Waals surface area contributed by atoms with Crippen molar-refractivity contribution in [1.29, 1.82) is 0 Å². The van der Waals surface area contributed by atoms with Gasteiger partial charge in [-0.1, -0.05) is 12.1 Å². The van der Waals surface area contributed by atoms with Crippen LogP contribution in [0.1, 0.15) is 19.4 Å². The number of piperazine rings is 1. The lowest BCUT2D eigenvalue weighted by Gasteiger charge is -2.34. The third-order valence-electron chi connectivity index (χ3n) is 5.76. The molecule has 0 unspecified atom stereocenters. The standard InChI is InChI=1S/C26H33FN4O4.CH5N/c1-4-24(28-3)23-17-21(29-26(33)18-35-22-7-5-6-20(27)16-22)8-9-25(23)34-15-14-30-10-12-31(13-11-30)19(2)32;1-2/h4-9,16-17,28H,10-15,18H2,1-3H3,(H,29,33);2H2,1H3/b24-4-;. The molecule has 4 N–H and O–H groups in total. The molecule has 2 amide bonds. The second-order valence-corrected chi connectivity index (χ2v) is 8.15. The molecule has 2 aromatic carbocycles. The van der Waals surface area contributed by atoms with Crippen LogP contribution in [-0.4, -0.2) is 81.6 Å². The molecule has 37 heavy (non-hydrogen) atoms. The molecule has 1 heterocycles. The molecule has 0 atom stereocenters. The number of hydrogen-bond acceptors (Lipinski definition) is 7. The Morgan fingerprint density at radius 2 is 1.81 bits per heavy atom. The van der Waals surface area contributed by atoms with Gasteiger partial charge in [0.15, 0.2) is 6.61 Å². The summed E-state index contributed by atoms with van der Waals surface area (Å²) in [5, 5.41) is 5.97. The molecule has 0 aromatic heterocycles. The number of nitrogens with zero attached hydrogens (tertiary/aromatic N) is 2. The van der Waals surface area contributed by atoms with Crippen molar-refractivity contribution in [2.45, 2.75) is 13.8 Å². The smallest absolute Gasteiger partial charge is 0.262 e. The zero-order valence-electron chi connectivity index (χ0n) is 22.1. The number of carbonyl (C=O) groups is 2. The summed E-state index contributed by atoms with van der Waals surface area (Å²) in [5.74, 6) is 0.323. The monoisotopic (exact) mass is 515 g/mol. The molecule has 10 heteroatoms. The zero-order chi connectivity index (χ0) is 27.2. The summed E-state index contributed by atoms with van der Waals surface area (Å²) in [6, 6.07) is 11.1. The van der Waals surface area contributed by atoms with Gasteiger partial charge in [-0.15, -0.1) is 0 Å². The van der Waals surface area contributed by atoms with Crippen LogP contribution in [0.3, 0.4) is 0 Å². The number of allylic oxidation sites excluding steroid dienone is 1. The van der Waals surface area contributed by atoms with E-state index in [1.54, 1.807) is 19.1 Å². The number of nitrogens with one attached hydrogen (secondary N) is 2. The minimum atomic E-state index is -0.424. The first kappa shape index (κ1) is 29.6. The predicted octanol–water partition coefficient (Wildman–Crippen LogP) is 2.54. The van der Waals surface area contributed by atoms with Crippen molar-refractivity contribution in [2.75, 3.05) is 65.3 Å². The highest BCUT2D eigenvalue weighted by molar-refractivity contribution is 5.92. The van der Waals surface area contributed by atoms with E-state index in [4.69, 9.17) is 9.47 Å². The summed E-state index contributed by atoms with van der Waals surface area (Å²) in [7, 11) is 3.33. The Hall–Kier alpha value is -3.63. The number of nitrogens with two attached hydrogens (primary N) is 1. The summed E-state index contributed by atoms with van der Waals surface area (Å²) in [6.45, 7) is 7.67. The average molecular weight is 516 g/mol. The third-order valence-corrected chi connectivity index (χ3v) is 5.76. The lowest BCUT2D eigenvalue weighted by molar-refractivity contribution is -0.130. The first-order valence-electron chi connectivity index (χ1n) is 12.2. The average Bonchev–Trinajstić information content (AvgIpc) is 2.91. The molecule has 0 saturated carbocycles. The molecule has 2 aromatic rings. The summed E-state index contributed by atoms with van der Waals surface area (Å²) < 4.78 is 24.7. The number of anilines is 1. The van der Waals surface area contributed by atoms with E-state index < -0.39 is 5.82 Å². The Morgan fingerprint density at radius 1 is 1.08 bits per heavy atom. The van der Waals surface area contributed by atoms with E-state index in [9.17, 15) is 14.0 Å². The molecule has 1 aliphatic rings. The molecule has 1 fully saturated rings. The van der Waals surface area contributed by atoms with Crippen LogP contribution in [0.2, 0.25) is 0 Å². The quantitative estimate of drug-likeness (QED) is 0.446. The fourth-order valence-corrected chi connectivity index (χ4v) is 3.85. The highest BCUT2D eigenvalue weighted by atomic mass is 19.1. The molecule has 0 spiro atoms. The third kappa shape index (κ3) is 9.40. The maximum absolute atomic E-state index is 13.3. The van der Waals surface area contributed by atoms with Crippen molar-refractivity contribution >= 4 is 23.2 Å². The fraction of sp³-hybridized carbons (Fsp3) is 0.407. The highest BCUT2D eigenvalue weighted by Gasteiger charge is 2.18. The number of benzene rings is 2. The van der Waals surface area contributed by atoms with Crippen LogP contribution in [0, 0.1) is 5.82 Å². The Kier molecular flexibility index (Phi) is 12.4. The number of carbonyl (C=O) groups excluding carboxylic acids is 2. The zero-order valence-corrected chi connectivity index (χ0v) is 22.1. The van der Waals surface area contributed by atoms with Crippen LogP contribution in [0.4, 0.5) is 10.1 Å². The van der Waals surface area contributed by atoms with Gasteiger partial charge in [0.2, 0.25) is 5.91 Å². The first-order valence-corrected chi connectivity index (χ1v) is 12.2.